The van der Waals surface area contributed by atoms with Gasteiger partial charge in [-0.05, 0) is 18.6 Å². The predicted octanol–water partition coefficient (Wildman–Crippen LogP) is 1.75. The maximum atomic E-state index is 12.1. The molecule has 7 heteroatoms. The van der Waals surface area contributed by atoms with Gasteiger partial charge in [0, 0.05) is 6.54 Å². The Labute approximate surface area is 125 Å². The number of nitrogens with zero attached hydrogens (tertiary/aromatic N) is 1. The van der Waals surface area contributed by atoms with E-state index in [1.54, 1.807) is 31.2 Å². The Balaban J connectivity index is 2.12. The van der Waals surface area contributed by atoms with Crippen LogP contribution in [-0.2, 0) is 11.3 Å². The van der Waals surface area contributed by atoms with Crippen LogP contribution in [0, 0.1) is 6.92 Å². The summed E-state index contributed by atoms with van der Waals surface area (Å²) in [7, 11) is 1.32. The number of carbonyl (C=O) groups is 2. The van der Waals surface area contributed by atoms with E-state index in [1.165, 1.54) is 7.11 Å². The summed E-state index contributed by atoms with van der Waals surface area (Å²) < 4.78 is 4.71. The van der Waals surface area contributed by atoms with E-state index >= 15 is 0 Å². The number of anilines is 1. The molecule has 0 fully saturated rings. The second-order valence-corrected chi connectivity index (χ2v) is 5.33. The average Bonchev–Trinajstić information content (AvgIpc) is 2.83. The second-order valence-electron chi connectivity index (χ2n) is 4.30. The lowest BCUT2D eigenvalue weighted by Gasteiger charge is -2.08. The lowest BCUT2D eigenvalue weighted by Crippen LogP contribution is -2.23. The lowest BCUT2D eigenvalue weighted by atomic mass is 10.1. The summed E-state index contributed by atoms with van der Waals surface area (Å²) >= 11 is 1.14. The number of esters is 1. The molecule has 3 N–H and O–H groups in total. The number of nitrogens with one attached hydrogen (secondary N) is 1. The van der Waals surface area contributed by atoms with Gasteiger partial charge >= 0.3 is 5.97 Å². The largest absolute Gasteiger partial charge is 0.465 e. The van der Waals surface area contributed by atoms with E-state index in [2.05, 4.69) is 10.3 Å². The number of carbonyl (C=O) groups excluding carboxylic acids is 2. The van der Waals surface area contributed by atoms with Gasteiger partial charge in [-0.2, -0.15) is 0 Å². The molecule has 0 bridgehead atoms. The Kier molecular flexibility index (Phi) is 4.54. The summed E-state index contributed by atoms with van der Waals surface area (Å²) in [5, 5.41) is 3.11. The molecule has 2 aromatic rings. The van der Waals surface area contributed by atoms with Crippen molar-refractivity contribution in [3.05, 3.63) is 46.0 Å². The normalized spacial score (nSPS) is 10.2. The predicted molar refractivity (Wildman–Crippen MR) is 80.2 cm³/mol. The molecule has 6 nitrogen and oxygen atoms in total. The van der Waals surface area contributed by atoms with Gasteiger partial charge in [0.25, 0.3) is 5.91 Å². The fraction of sp³-hybridized carbons (Fsp3) is 0.214. The van der Waals surface area contributed by atoms with Gasteiger partial charge in [0.1, 0.15) is 4.88 Å². The van der Waals surface area contributed by atoms with E-state index in [0.717, 1.165) is 11.3 Å². The third kappa shape index (κ3) is 3.38. The maximum Gasteiger partial charge on any atom is 0.338 e. The molecule has 110 valence electrons. The number of amides is 1. The van der Waals surface area contributed by atoms with Gasteiger partial charge in [-0.3, -0.25) is 4.79 Å². The molecule has 0 aliphatic rings. The highest BCUT2D eigenvalue weighted by Crippen LogP contribution is 2.19. The molecule has 0 aliphatic heterocycles. The maximum absolute atomic E-state index is 12.1. The first kappa shape index (κ1) is 15.0. The number of benzene rings is 1. The summed E-state index contributed by atoms with van der Waals surface area (Å²) in [5.41, 5.74) is 7.29. The number of hydrogen-bond acceptors (Lipinski definition) is 6. The SMILES string of the molecule is COC(=O)c1ccccc1CNC(=O)c1sc(N)nc1C. The van der Waals surface area contributed by atoms with Crippen molar-refractivity contribution in [3.8, 4) is 0 Å². The van der Waals surface area contributed by atoms with Gasteiger partial charge in [-0.25, -0.2) is 9.78 Å². The van der Waals surface area contributed by atoms with Crippen LogP contribution in [-0.4, -0.2) is 24.0 Å². The molecule has 0 unspecified atom stereocenters. The van der Waals surface area contributed by atoms with E-state index < -0.39 is 5.97 Å². The average molecular weight is 305 g/mol. The van der Waals surface area contributed by atoms with Gasteiger partial charge in [-0.15, -0.1) is 0 Å². The van der Waals surface area contributed by atoms with Crippen LogP contribution in [0.5, 0.6) is 0 Å². The first-order valence-electron chi connectivity index (χ1n) is 6.20. The minimum atomic E-state index is -0.432. The summed E-state index contributed by atoms with van der Waals surface area (Å²) in [4.78, 5) is 28.2. The van der Waals surface area contributed by atoms with E-state index in [4.69, 9.17) is 10.5 Å². The van der Waals surface area contributed by atoms with Crippen LogP contribution >= 0.6 is 11.3 Å². The Bertz CT molecular complexity index is 682. The van der Waals surface area contributed by atoms with Crippen molar-refractivity contribution < 1.29 is 14.3 Å². The number of thiazole rings is 1. The number of aryl methyl sites for hydroxylation is 1. The van der Waals surface area contributed by atoms with E-state index in [0.29, 0.717) is 26.8 Å². The zero-order chi connectivity index (χ0) is 15.4. The lowest BCUT2D eigenvalue weighted by molar-refractivity contribution is 0.0598. The monoisotopic (exact) mass is 305 g/mol. The van der Waals surface area contributed by atoms with E-state index in [9.17, 15) is 9.59 Å². The fourth-order valence-electron chi connectivity index (χ4n) is 1.87. The highest BCUT2D eigenvalue weighted by atomic mass is 32.1. The minimum absolute atomic E-state index is 0.224. The molecule has 1 amide bonds. The smallest absolute Gasteiger partial charge is 0.338 e. The molecule has 0 saturated heterocycles. The standard InChI is InChI=1S/C14H15N3O3S/c1-8-11(21-14(15)17-8)12(18)16-7-9-5-3-4-6-10(9)13(19)20-2/h3-6H,7H2,1-2H3,(H2,15,17)(H,16,18). The van der Waals surface area contributed by atoms with Crippen LogP contribution < -0.4 is 11.1 Å². The third-order valence-corrected chi connectivity index (χ3v) is 3.87. The first-order valence-corrected chi connectivity index (χ1v) is 7.02. The molecule has 0 aliphatic carbocycles. The molecule has 2 rings (SSSR count). The van der Waals surface area contributed by atoms with Crippen molar-refractivity contribution in [1.29, 1.82) is 0 Å². The summed E-state index contributed by atoms with van der Waals surface area (Å²) in [5.74, 6) is -0.695. The van der Waals surface area contributed by atoms with Gasteiger partial charge < -0.3 is 15.8 Å². The van der Waals surface area contributed by atoms with Crippen molar-refractivity contribution in [2.24, 2.45) is 0 Å². The molecule has 1 aromatic carbocycles. The van der Waals surface area contributed by atoms with Gasteiger partial charge in [0.15, 0.2) is 5.13 Å². The Hall–Kier alpha value is -2.41. The molecular weight excluding hydrogens is 290 g/mol. The summed E-state index contributed by atoms with van der Waals surface area (Å²) in [6, 6.07) is 6.96. The van der Waals surface area contributed by atoms with E-state index in [-0.39, 0.29) is 12.5 Å². The minimum Gasteiger partial charge on any atom is -0.465 e. The van der Waals surface area contributed by atoms with E-state index in [1.807, 2.05) is 0 Å². The highest BCUT2D eigenvalue weighted by Gasteiger charge is 2.16. The van der Waals surface area contributed by atoms with Crippen LogP contribution in [0.15, 0.2) is 24.3 Å². The van der Waals surface area contributed by atoms with Crippen molar-refractivity contribution >= 4 is 28.3 Å². The Morgan fingerprint density at radius 3 is 2.71 bits per heavy atom. The number of methoxy groups -OCH3 is 1. The first-order chi connectivity index (χ1) is 10.0. The Morgan fingerprint density at radius 2 is 2.10 bits per heavy atom. The zero-order valence-corrected chi connectivity index (χ0v) is 12.5. The van der Waals surface area contributed by atoms with Crippen molar-refractivity contribution in [3.63, 3.8) is 0 Å². The number of ether oxygens (including phenoxy) is 1. The quantitative estimate of drug-likeness (QED) is 0.839. The van der Waals surface area contributed by atoms with Crippen LogP contribution in [0.1, 0.15) is 31.3 Å². The number of aromatic nitrogens is 1. The van der Waals surface area contributed by atoms with Gasteiger partial charge in [-0.1, -0.05) is 29.5 Å². The Morgan fingerprint density at radius 1 is 1.38 bits per heavy atom. The van der Waals surface area contributed by atoms with Crippen LogP contribution in [0.2, 0.25) is 0 Å². The van der Waals surface area contributed by atoms with Gasteiger partial charge in [0.2, 0.25) is 0 Å². The molecule has 0 spiro atoms. The molecule has 0 atom stereocenters. The fourth-order valence-corrected chi connectivity index (χ4v) is 2.62. The molecule has 21 heavy (non-hydrogen) atoms. The van der Waals surface area contributed by atoms with Gasteiger partial charge in [0.05, 0.1) is 18.4 Å². The zero-order valence-electron chi connectivity index (χ0n) is 11.7. The summed E-state index contributed by atoms with van der Waals surface area (Å²) in [6.07, 6.45) is 0. The number of rotatable bonds is 4. The molecule has 0 radical (unpaired) electrons. The topological polar surface area (TPSA) is 94.3 Å². The van der Waals surface area contributed by atoms with Crippen LogP contribution in [0.4, 0.5) is 5.13 Å². The van der Waals surface area contributed by atoms with Crippen molar-refractivity contribution in [2.45, 2.75) is 13.5 Å². The van der Waals surface area contributed by atoms with Crippen molar-refractivity contribution in [2.75, 3.05) is 12.8 Å². The van der Waals surface area contributed by atoms with Crippen LogP contribution in [0.25, 0.3) is 0 Å². The number of nitrogen functional groups attached to an aromatic ring is 1. The van der Waals surface area contributed by atoms with Crippen molar-refractivity contribution in [1.82, 2.24) is 10.3 Å². The molecular formula is C14H15N3O3S. The highest BCUT2D eigenvalue weighted by molar-refractivity contribution is 7.17. The molecule has 1 heterocycles. The number of hydrogen-bond donors (Lipinski definition) is 2. The molecule has 0 saturated carbocycles. The second kappa shape index (κ2) is 6.36. The third-order valence-electron chi connectivity index (χ3n) is 2.88. The number of nitrogens with two attached hydrogens (primary N) is 1. The molecule has 1 aromatic heterocycles. The van der Waals surface area contributed by atoms with Crippen LogP contribution in [0.3, 0.4) is 0 Å². The summed E-state index contributed by atoms with van der Waals surface area (Å²) in [6.45, 7) is 1.95.